The van der Waals surface area contributed by atoms with Gasteiger partial charge in [-0.15, -0.1) is 0 Å². The number of thiocarbonyl (C=S) groups is 1. The van der Waals surface area contributed by atoms with Crippen LogP contribution in [0.3, 0.4) is 0 Å². The minimum atomic E-state index is -0.321. The molecule has 22 heavy (non-hydrogen) atoms. The number of ether oxygens (including phenoxy) is 1. The normalized spacial score (nSPS) is 18.0. The van der Waals surface area contributed by atoms with E-state index in [9.17, 15) is 4.79 Å². The zero-order chi connectivity index (χ0) is 16.3. The van der Waals surface area contributed by atoms with Gasteiger partial charge < -0.3 is 15.4 Å². The maximum absolute atomic E-state index is 12.5. The van der Waals surface area contributed by atoms with Crippen LogP contribution in [0.25, 0.3) is 0 Å². The summed E-state index contributed by atoms with van der Waals surface area (Å²) in [7, 11) is 0. The second-order valence-electron chi connectivity index (χ2n) is 5.62. The molecule has 4 nitrogen and oxygen atoms in total. The predicted molar refractivity (Wildman–Crippen MR) is 94.2 cm³/mol. The number of esters is 1. The number of carbonyl (C=O) groups is 1. The van der Waals surface area contributed by atoms with Crippen LogP contribution in [0.5, 0.6) is 0 Å². The summed E-state index contributed by atoms with van der Waals surface area (Å²) in [6.45, 7) is 6.25. The summed E-state index contributed by atoms with van der Waals surface area (Å²) in [5, 5.41) is 6.65. The van der Waals surface area contributed by atoms with Crippen molar-refractivity contribution in [3.8, 4) is 0 Å². The molecule has 1 aromatic carbocycles. The molecule has 118 valence electrons. The minimum Gasteiger partial charge on any atom is -0.462 e. The Morgan fingerprint density at radius 3 is 2.82 bits per heavy atom. The lowest BCUT2D eigenvalue weighted by Crippen LogP contribution is -2.45. The molecule has 0 radical (unpaired) electrons. The summed E-state index contributed by atoms with van der Waals surface area (Å²) < 4.78 is 6.35. The predicted octanol–water partition coefficient (Wildman–Crippen LogP) is 3.44. The fraction of sp³-hybridized carbons (Fsp3) is 0.375. The molecule has 0 saturated carbocycles. The molecule has 0 bridgehead atoms. The van der Waals surface area contributed by atoms with Crippen LogP contribution in [0, 0.1) is 5.92 Å². The van der Waals surface area contributed by atoms with Gasteiger partial charge in [-0.3, -0.25) is 0 Å². The van der Waals surface area contributed by atoms with Gasteiger partial charge in [-0.2, -0.15) is 0 Å². The van der Waals surface area contributed by atoms with E-state index < -0.39 is 0 Å². The van der Waals surface area contributed by atoms with Gasteiger partial charge in [0.25, 0.3) is 0 Å². The Hall–Kier alpha value is -1.40. The van der Waals surface area contributed by atoms with Gasteiger partial charge in [0.2, 0.25) is 0 Å². The Morgan fingerprint density at radius 2 is 2.18 bits per heavy atom. The van der Waals surface area contributed by atoms with E-state index in [-0.39, 0.29) is 12.0 Å². The molecule has 0 spiro atoms. The summed E-state index contributed by atoms with van der Waals surface area (Å²) >= 11 is 8.68. The zero-order valence-electron chi connectivity index (χ0n) is 12.8. The molecule has 1 aliphatic heterocycles. The fourth-order valence-electron chi connectivity index (χ4n) is 2.22. The molecule has 6 heteroatoms. The quantitative estimate of drug-likeness (QED) is 0.616. The highest BCUT2D eigenvalue weighted by molar-refractivity contribution is 9.10. The molecule has 0 saturated heterocycles. The van der Waals surface area contributed by atoms with Crippen molar-refractivity contribution in [1.82, 2.24) is 10.6 Å². The maximum atomic E-state index is 12.5. The standard InChI is InChI=1S/C16H19BrN2O2S/c1-9(2)8-21-15(20)13-10(3)18-16(22)19-14(13)11-5-4-6-12(17)7-11/h4-7,9,14H,8H2,1-3H3,(H2,18,19,22)/t14-/m0/s1. The van der Waals surface area contributed by atoms with Gasteiger partial charge in [-0.05, 0) is 42.8 Å². The molecule has 0 fully saturated rings. The Kier molecular flexibility index (Phi) is 5.58. The summed E-state index contributed by atoms with van der Waals surface area (Å²) in [4.78, 5) is 12.5. The van der Waals surface area contributed by atoms with Crippen molar-refractivity contribution < 1.29 is 9.53 Å². The molecule has 0 amide bonds. The number of benzene rings is 1. The fourth-order valence-corrected chi connectivity index (χ4v) is 2.91. The molecule has 1 atom stereocenters. The van der Waals surface area contributed by atoms with Crippen molar-refractivity contribution in [2.75, 3.05) is 6.61 Å². The molecule has 1 aliphatic rings. The molecule has 2 rings (SSSR count). The first-order valence-electron chi connectivity index (χ1n) is 7.09. The molecule has 1 aromatic rings. The minimum absolute atomic E-state index is 0.291. The van der Waals surface area contributed by atoms with Gasteiger partial charge in [0, 0.05) is 10.2 Å². The van der Waals surface area contributed by atoms with Gasteiger partial charge in [-0.1, -0.05) is 41.9 Å². The molecular weight excluding hydrogens is 364 g/mol. The molecular formula is C16H19BrN2O2S. The van der Waals surface area contributed by atoms with E-state index in [4.69, 9.17) is 17.0 Å². The van der Waals surface area contributed by atoms with Crippen LogP contribution < -0.4 is 10.6 Å². The van der Waals surface area contributed by atoms with Crippen molar-refractivity contribution >= 4 is 39.2 Å². The van der Waals surface area contributed by atoms with E-state index in [1.165, 1.54) is 0 Å². The van der Waals surface area contributed by atoms with E-state index in [2.05, 4.69) is 26.6 Å². The number of allylic oxidation sites excluding steroid dienone is 1. The molecule has 0 aliphatic carbocycles. The second-order valence-corrected chi connectivity index (χ2v) is 6.94. The van der Waals surface area contributed by atoms with Crippen LogP contribution in [0.2, 0.25) is 0 Å². The number of nitrogens with one attached hydrogen (secondary N) is 2. The Labute approximate surface area is 144 Å². The SMILES string of the molecule is CC1=C(C(=O)OCC(C)C)[C@H](c2cccc(Br)c2)NC(=S)N1. The third-order valence-electron chi connectivity index (χ3n) is 3.22. The smallest absolute Gasteiger partial charge is 0.338 e. The highest BCUT2D eigenvalue weighted by Gasteiger charge is 2.31. The lowest BCUT2D eigenvalue weighted by molar-refractivity contribution is -0.140. The van der Waals surface area contributed by atoms with Crippen LogP contribution in [0.15, 0.2) is 40.0 Å². The van der Waals surface area contributed by atoms with E-state index in [0.717, 1.165) is 15.7 Å². The van der Waals surface area contributed by atoms with E-state index >= 15 is 0 Å². The third kappa shape index (κ3) is 4.08. The topological polar surface area (TPSA) is 50.4 Å². The highest BCUT2D eigenvalue weighted by Crippen LogP contribution is 2.29. The van der Waals surface area contributed by atoms with Gasteiger partial charge in [0.05, 0.1) is 18.2 Å². The third-order valence-corrected chi connectivity index (χ3v) is 3.93. The highest BCUT2D eigenvalue weighted by atomic mass is 79.9. The zero-order valence-corrected chi connectivity index (χ0v) is 15.2. The number of halogens is 1. The van der Waals surface area contributed by atoms with Crippen molar-refractivity contribution in [3.63, 3.8) is 0 Å². The van der Waals surface area contributed by atoms with Crippen molar-refractivity contribution in [2.24, 2.45) is 5.92 Å². The largest absolute Gasteiger partial charge is 0.462 e. The Balaban J connectivity index is 2.34. The average Bonchev–Trinajstić information content (AvgIpc) is 2.44. The Morgan fingerprint density at radius 1 is 1.45 bits per heavy atom. The summed E-state index contributed by atoms with van der Waals surface area (Å²) in [5.41, 5.74) is 2.24. The first-order valence-corrected chi connectivity index (χ1v) is 8.29. The van der Waals surface area contributed by atoms with Crippen LogP contribution in [0.4, 0.5) is 0 Å². The van der Waals surface area contributed by atoms with Crippen LogP contribution in [-0.4, -0.2) is 17.7 Å². The number of hydrogen-bond donors (Lipinski definition) is 2. The van der Waals surface area contributed by atoms with Crippen LogP contribution in [0.1, 0.15) is 32.4 Å². The monoisotopic (exact) mass is 382 g/mol. The van der Waals surface area contributed by atoms with Crippen molar-refractivity contribution in [3.05, 3.63) is 45.6 Å². The van der Waals surface area contributed by atoms with Gasteiger partial charge >= 0.3 is 5.97 Å². The molecule has 0 aromatic heterocycles. The summed E-state index contributed by atoms with van der Waals surface area (Å²) in [6, 6.07) is 7.48. The summed E-state index contributed by atoms with van der Waals surface area (Å²) in [6.07, 6.45) is 0. The van der Waals surface area contributed by atoms with Gasteiger partial charge in [0.15, 0.2) is 5.11 Å². The maximum Gasteiger partial charge on any atom is 0.338 e. The lowest BCUT2D eigenvalue weighted by Gasteiger charge is -2.30. The molecule has 1 heterocycles. The van der Waals surface area contributed by atoms with Crippen LogP contribution in [-0.2, 0) is 9.53 Å². The lowest BCUT2D eigenvalue weighted by atomic mass is 9.96. The molecule has 2 N–H and O–H groups in total. The van der Waals surface area contributed by atoms with E-state index in [1.54, 1.807) is 0 Å². The summed E-state index contributed by atoms with van der Waals surface area (Å²) in [5.74, 6) is -0.0292. The van der Waals surface area contributed by atoms with E-state index in [1.807, 2.05) is 45.0 Å². The average molecular weight is 383 g/mol. The van der Waals surface area contributed by atoms with Crippen molar-refractivity contribution in [1.29, 1.82) is 0 Å². The number of carbonyl (C=O) groups excluding carboxylic acids is 1. The van der Waals surface area contributed by atoms with E-state index in [0.29, 0.717) is 23.2 Å². The van der Waals surface area contributed by atoms with Gasteiger partial charge in [0.1, 0.15) is 0 Å². The van der Waals surface area contributed by atoms with Gasteiger partial charge in [-0.25, -0.2) is 4.79 Å². The van der Waals surface area contributed by atoms with Crippen LogP contribution >= 0.6 is 28.1 Å². The number of hydrogen-bond acceptors (Lipinski definition) is 3. The first kappa shape index (κ1) is 17.0. The van der Waals surface area contributed by atoms with Crippen molar-refractivity contribution in [2.45, 2.75) is 26.8 Å². The first-order chi connectivity index (χ1) is 10.4. The Bertz CT molecular complexity index is 628. The number of rotatable bonds is 4. The second kappa shape index (κ2) is 7.24. The molecule has 0 unspecified atom stereocenters.